The standard InChI is InChI=1S/C11H15NO4S/c1-6-4-8(17-7(6)2)9(13)12-5-11(3,16)10(14)15/h4,16H,5H2,1-3H3,(H,12,13)(H,14,15). The quantitative estimate of drug-likeness (QED) is 0.749. The molecule has 0 radical (unpaired) electrons. The summed E-state index contributed by atoms with van der Waals surface area (Å²) in [4.78, 5) is 23.9. The van der Waals surface area contributed by atoms with Crippen molar-refractivity contribution in [2.24, 2.45) is 0 Å². The van der Waals surface area contributed by atoms with Crippen LogP contribution in [0.25, 0.3) is 0 Å². The van der Waals surface area contributed by atoms with Crippen molar-refractivity contribution >= 4 is 23.2 Å². The highest BCUT2D eigenvalue weighted by Crippen LogP contribution is 2.20. The summed E-state index contributed by atoms with van der Waals surface area (Å²) in [5.74, 6) is -1.73. The van der Waals surface area contributed by atoms with E-state index < -0.39 is 11.6 Å². The first kappa shape index (κ1) is 13.7. The molecule has 6 heteroatoms. The molecular weight excluding hydrogens is 242 g/mol. The van der Waals surface area contributed by atoms with Crippen molar-refractivity contribution in [2.75, 3.05) is 6.54 Å². The minimum atomic E-state index is -1.95. The summed E-state index contributed by atoms with van der Waals surface area (Å²) in [6.45, 7) is 4.62. The van der Waals surface area contributed by atoms with Gasteiger partial charge in [-0.2, -0.15) is 0 Å². The molecule has 0 saturated carbocycles. The third-order valence-electron chi connectivity index (χ3n) is 2.44. The molecule has 0 bridgehead atoms. The van der Waals surface area contributed by atoms with Crippen LogP contribution in [0, 0.1) is 13.8 Å². The van der Waals surface area contributed by atoms with E-state index in [0.717, 1.165) is 17.4 Å². The van der Waals surface area contributed by atoms with E-state index in [-0.39, 0.29) is 12.5 Å². The normalized spacial score (nSPS) is 14.1. The summed E-state index contributed by atoms with van der Waals surface area (Å²) in [6.07, 6.45) is 0. The van der Waals surface area contributed by atoms with Gasteiger partial charge in [-0.3, -0.25) is 4.79 Å². The first-order chi connectivity index (χ1) is 7.74. The topological polar surface area (TPSA) is 86.6 Å². The summed E-state index contributed by atoms with van der Waals surface area (Å²) in [6, 6.07) is 1.74. The van der Waals surface area contributed by atoms with Crippen LogP contribution in [0.5, 0.6) is 0 Å². The van der Waals surface area contributed by atoms with Crippen molar-refractivity contribution in [3.63, 3.8) is 0 Å². The van der Waals surface area contributed by atoms with E-state index in [2.05, 4.69) is 5.32 Å². The number of nitrogens with one attached hydrogen (secondary N) is 1. The SMILES string of the molecule is Cc1cc(C(=O)NCC(C)(O)C(=O)O)sc1C. The van der Waals surface area contributed by atoms with Crippen LogP contribution in [-0.4, -0.2) is 34.2 Å². The second-order valence-corrected chi connectivity index (χ2v) is 5.37. The minimum absolute atomic E-state index is 0.322. The lowest BCUT2D eigenvalue weighted by molar-refractivity contribution is -0.155. The number of hydrogen-bond acceptors (Lipinski definition) is 4. The van der Waals surface area contributed by atoms with Gasteiger partial charge in [-0.1, -0.05) is 0 Å². The fraction of sp³-hybridized carbons (Fsp3) is 0.455. The fourth-order valence-corrected chi connectivity index (χ4v) is 2.05. The molecule has 0 aliphatic heterocycles. The zero-order valence-electron chi connectivity index (χ0n) is 9.90. The van der Waals surface area contributed by atoms with E-state index in [1.165, 1.54) is 11.3 Å². The molecule has 17 heavy (non-hydrogen) atoms. The first-order valence-corrected chi connectivity index (χ1v) is 5.86. The summed E-state index contributed by atoms with van der Waals surface area (Å²) in [5.41, 5.74) is -0.929. The zero-order valence-corrected chi connectivity index (χ0v) is 10.7. The third kappa shape index (κ3) is 3.28. The Morgan fingerprint density at radius 3 is 2.47 bits per heavy atom. The molecule has 1 rings (SSSR count). The summed E-state index contributed by atoms with van der Waals surface area (Å²) in [5, 5.41) is 20.5. The summed E-state index contributed by atoms with van der Waals surface area (Å²) >= 11 is 1.34. The predicted molar refractivity (Wildman–Crippen MR) is 64.4 cm³/mol. The van der Waals surface area contributed by atoms with E-state index in [9.17, 15) is 14.7 Å². The van der Waals surface area contributed by atoms with Gasteiger partial charge in [0, 0.05) is 4.88 Å². The molecule has 5 nitrogen and oxygen atoms in total. The van der Waals surface area contributed by atoms with E-state index in [0.29, 0.717) is 4.88 Å². The molecule has 1 atom stereocenters. The van der Waals surface area contributed by atoms with Gasteiger partial charge in [0.1, 0.15) is 0 Å². The highest BCUT2D eigenvalue weighted by Gasteiger charge is 2.30. The Kier molecular flexibility index (Phi) is 3.90. The Bertz CT molecular complexity index is 431. The third-order valence-corrected chi connectivity index (χ3v) is 3.59. The maximum atomic E-state index is 11.7. The second-order valence-electron chi connectivity index (χ2n) is 4.11. The van der Waals surface area contributed by atoms with E-state index >= 15 is 0 Å². The van der Waals surface area contributed by atoms with E-state index in [4.69, 9.17) is 5.11 Å². The number of carboxylic acid groups (broad SMARTS) is 1. The zero-order chi connectivity index (χ0) is 13.2. The van der Waals surface area contributed by atoms with Gasteiger partial charge in [-0.25, -0.2) is 4.79 Å². The van der Waals surface area contributed by atoms with Crippen LogP contribution in [0.1, 0.15) is 27.0 Å². The molecule has 1 aromatic rings. The minimum Gasteiger partial charge on any atom is -0.479 e. The number of thiophene rings is 1. The molecule has 0 spiro atoms. The molecule has 1 unspecified atom stereocenters. The molecule has 3 N–H and O–H groups in total. The van der Waals surface area contributed by atoms with Crippen LogP contribution < -0.4 is 5.32 Å². The highest BCUT2D eigenvalue weighted by molar-refractivity contribution is 7.14. The predicted octanol–water partition coefficient (Wildman–Crippen LogP) is 0.930. The van der Waals surface area contributed by atoms with Gasteiger partial charge < -0.3 is 15.5 Å². The second kappa shape index (κ2) is 4.85. The van der Waals surface area contributed by atoms with E-state index in [1.807, 2.05) is 13.8 Å². The molecule has 1 amide bonds. The Morgan fingerprint density at radius 2 is 2.06 bits per heavy atom. The van der Waals surface area contributed by atoms with Crippen molar-refractivity contribution in [3.05, 3.63) is 21.4 Å². The molecule has 0 aromatic carbocycles. The van der Waals surface area contributed by atoms with Crippen LogP contribution in [0.15, 0.2) is 6.07 Å². The van der Waals surface area contributed by atoms with Gasteiger partial charge >= 0.3 is 5.97 Å². The molecule has 1 aromatic heterocycles. The molecule has 1 heterocycles. The van der Waals surface area contributed by atoms with Gasteiger partial charge in [0.2, 0.25) is 0 Å². The smallest absolute Gasteiger partial charge is 0.337 e. The number of carbonyl (C=O) groups excluding carboxylic acids is 1. The lowest BCUT2D eigenvalue weighted by atomic mass is 10.1. The van der Waals surface area contributed by atoms with Crippen molar-refractivity contribution < 1.29 is 19.8 Å². The molecular formula is C11H15NO4S. The van der Waals surface area contributed by atoms with Crippen LogP contribution in [0.3, 0.4) is 0 Å². The Balaban J connectivity index is 2.65. The fourth-order valence-electron chi connectivity index (χ4n) is 1.10. The van der Waals surface area contributed by atoms with Gasteiger partial charge in [0.15, 0.2) is 5.60 Å². The monoisotopic (exact) mass is 257 g/mol. The van der Waals surface area contributed by atoms with E-state index in [1.54, 1.807) is 6.07 Å². The van der Waals surface area contributed by atoms with Crippen molar-refractivity contribution in [2.45, 2.75) is 26.4 Å². The average Bonchev–Trinajstić information content (AvgIpc) is 2.56. The lowest BCUT2D eigenvalue weighted by Crippen LogP contribution is -2.46. The number of amides is 1. The number of carboxylic acids is 1. The van der Waals surface area contributed by atoms with Gasteiger partial charge in [0.05, 0.1) is 11.4 Å². The number of hydrogen-bond donors (Lipinski definition) is 3. The van der Waals surface area contributed by atoms with Gasteiger partial charge in [-0.05, 0) is 32.4 Å². The molecule has 0 fully saturated rings. The number of aliphatic hydroxyl groups is 1. The molecule has 0 saturated heterocycles. The number of aliphatic carboxylic acids is 1. The maximum absolute atomic E-state index is 11.7. The first-order valence-electron chi connectivity index (χ1n) is 5.05. The summed E-state index contributed by atoms with van der Waals surface area (Å²) in [7, 11) is 0. The van der Waals surface area contributed by atoms with Crippen molar-refractivity contribution in [1.29, 1.82) is 0 Å². The molecule has 0 aliphatic carbocycles. The van der Waals surface area contributed by atoms with Crippen LogP contribution in [-0.2, 0) is 4.79 Å². The molecule has 94 valence electrons. The Morgan fingerprint density at radius 1 is 1.47 bits per heavy atom. The van der Waals surface area contributed by atoms with Crippen LogP contribution in [0.4, 0.5) is 0 Å². The number of carbonyl (C=O) groups is 2. The Labute approximate surface area is 103 Å². The van der Waals surface area contributed by atoms with Gasteiger partial charge in [-0.15, -0.1) is 11.3 Å². The van der Waals surface area contributed by atoms with Crippen molar-refractivity contribution in [1.82, 2.24) is 5.32 Å². The largest absolute Gasteiger partial charge is 0.479 e. The Hall–Kier alpha value is -1.40. The average molecular weight is 257 g/mol. The van der Waals surface area contributed by atoms with Gasteiger partial charge in [0.25, 0.3) is 5.91 Å². The number of aryl methyl sites for hydroxylation is 2. The van der Waals surface area contributed by atoms with Crippen molar-refractivity contribution in [3.8, 4) is 0 Å². The van der Waals surface area contributed by atoms with Crippen LogP contribution in [0.2, 0.25) is 0 Å². The highest BCUT2D eigenvalue weighted by atomic mass is 32.1. The maximum Gasteiger partial charge on any atom is 0.337 e. The molecule has 0 aliphatic rings. The van der Waals surface area contributed by atoms with Crippen LogP contribution >= 0.6 is 11.3 Å². The lowest BCUT2D eigenvalue weighted by Gasteiger charge is -2.17. The summed E-state index contributed by atoms with van der Waals surface area (Å²) < 4.78 is 0. The number of rotatable bonds is 4.